The van der Waals surface area contributed by atoms with Gasteiger partial charge < -0.3 is 4.74 Å². The molecule has 7 nitrogen and oxygen atoms in total. The Bertz CT molecular complexity index is 817. The summed E-state index contributed by atoms with van der Waals surface area (Å²) in [7, 11) is 1.38. The quantitative estimate of drug-likeness (QED) is 0.453. The van der Waals surface area contributed by atoms with Gasteiger partial charge in [-0.05, 0) is 41.8 Å². The summed E-state index contributed by atoms with van der Waals surface area (Å²) in [5.41, 5.74) is 3.46. The number of aromatic nitrogens is 1. The van der Waals surface area contributed by atoms with Gasteiger partial charge in [0.2, 0.25) is 0 Å². The summed E-state index contributed by atoms with van der Waals surface area (Å²) in [6.45, 7) is 7.67. The van der Waals surface area contributed by atoms with Crippen molar-refractivity contribution in [2.24, 2.45) is 5.92 Å². The summed E-state index contributed by atoms with van der Waals surface area (Å²) >= 11 is 0. The third-order valence-electron chi connectivity index (χ3n) is 4.32. The number of non-ortho nitro benzene ring substituents is 1. The normalized spacial score (nSPS) is 13.9. The molecule has 1 saturated heterocycles. The summed E-state index contributed by atoms with van der Waals surface area (Å²) in [6, 6.07) is 8.86. The number of nitro benzene ring substituents is 1. The second-order valence-electron chi connectivity index (χ2n) is 6.25. The Morgan fingerprint density at radius 1 is 1.26 bits per heavy atom. The van der Waals surface area contributed by atoms with E-state index in [2.05, 4.69) is 9.88 Å². The number of ether oxygens (including phenoxy) is 1. The molecule has 0 amide bonds. The zero-order valence-corrected chi connectivity index (χ0v) is 16.1. The first-order valence-corrected chi connectivity index (χ1v) is 8.98. The van der Waals surface area contributed by atoms with Gasteiger partial charge >= 0.3 is 5.97 Å². The number of pyridine rings is 1. The van der Waals surface area contributed by atoms with Gasteiger partial charge in [0.25, 0.3) is 5.69 Å². The molecule has 7 heteroatoms. The summed E-state index contributed by atoms with van der Waals surface area (Å²) in [4.78, 5) is 28.6. The molecule has 0 radical (unpaired) electrons. The Balaban J connectivity index is 0.00000126. The average Bonchev–Trinajstić information content (AvgIpc) is 2.65. The van der Waals surface area contributed by atoms with E-state index < -0.39 is 0 Å². The molecular formula is C20H25N3O4. The molecule has 1 aliphatic heterocycles. The van der Waals surface area contributed by atoms with E-state index in [4.69, 9.17) is 4.74 Å². The maximum absolute atomic E-state index is 11.5. The topological polar surface area (TPSA) is 85.6 Å². The third kappa shape index (κ3) is 5.10. The van der Waals surface area contributed by atoms with Crippen LogP contribution in [0.5, 0.6) is 0 Å². The predicted octanol–water partition coefficient (Wildman–Crippen LogP) is 3.60. The number of hydrogen-bond acceptors (Lipinski definition) is 6. The number of esters is 1. The Morgan fingerprint density at radius 2 is 1.96 bits per heavy atom. The second kappa shape index (κ2) is 9.23. The minimum atomic E-state index is -0.381. The number of rotatable bonds is 5. The van der Waals surface area contributed by atoms with E-state index in [1.165, 1.54) is 7.11 Å². The van der Waals surface area contributed by atoms with Crippen molar-refractivity contribution in [2.45, 2.75) is 27.3 Å². The Labute approximate surface area is 159 Å². The number of carbonyl (C=O) groups excluding carboxylic acids is 1. The van der Waals surface area contributed by atoms with Crippen molar-refractivity contribution in [3.05, 3.63) is 57.9 Å². The summed E-state index contributed by atoms with van der Waals surface area (Å²) in [6.07, 6.45) is 1.69. The molecule has 0 atom stereocenters. The van der Waals surface area contributed by atoms with Crippen LogP contribution in [0, 0.1) is 23.0 Å². The molecule has 2 aromatic rings. The fourth-order valence-electron chi connectivity index (χ4n) is 3.04. The molecular weight excluding hydrogens is 346 g/mol. The monoisotopic (exact) mass is 371 g/mol. The van der Waals surface area contributed by atoms with Gasteiger partial charge in [-0.3, -0.25) is 24.8 Å². The lowest BCUT2D eigenvalue weighted by atomic mass is 9.97. The molecule has 0 saturated carbocycles. The van der Waals surface area contributed by atoms with Crippen LogP contribution in [0.1, 0.15) is 25.1 Å². The van der Waals surface area contributed by atoms with E-state index in [0.717, 1.165) is 22.4 Å². The number of aryl methyl sites for hydroxylation is 1. The van der Waals surface area contributed by atoms with Gasteiger partial charge in [0.1, 0.15) is 0 Å². The molecule has 1 aliphatic rings. The first-order chi connectivity index (χ1) is 13.0. The van der Waals surface area contributed by atoms with Crippen LogP contribution in [0.15, 0.2) is 36.5 Å². The zero-order valence-electron chi connectivity index (χ0n) is 16.1. The highest BCUT2D eigenvalue weighted by Crippen LogP contribution is 2.28. The summed E-state index contributed by atoms with van der Waals surface area (Å²) < 4.78 is 4.73. The maximum atomic E-state index is 11.5. The number of methoxy groups -OCH3 is 1. The first-order valence-electron chi connectivity index (χ1n) is 8.98. The van der Waals surface area contributed by atoms with Crippen LogP contribution in [-0.2, 0) is 16.1 Å². The van der Waals surface area contributed by atoms with Gasteiger partial charge in [-0.15, -0.1) is 0 Å². The van der Waals surface area contributed by atoms with E-state index >= 15 is 0 Å². The first kappa shape index (κ1) is 20.5. The Hall–Kier alpha value is -2.80. The number of likely N-dealkylation sites (tertiary alicyclic amines) is 1. The van der Waals surface area contributed by atoms with Crippen LogP contribution in [0.3, 0.4) is 0 Å². The van der Waals surface area contributed by atoms with Crippen LogP contribution in [0.4, 0.5) is 5.69 Å². The van der Waals surface area contributed by atoms with Crippen molar-refractivity contribution < 1.29 is 14.5 Å². The van der Waals surface area contributed by atoms with E-state index in [1.54, 1.807) is 18.3 Å². The highest BCUT2D eigenvalue weighted by molar-refractivity contribution is 5.73. The number of benzene rings is 1. The predicted molar refractivity (Wildman–Crippen MR) is 103 cm³/mol. The molecule has 0 spiro atoms. The number of carbonyl (C=O) groups is 1. The van der Waals surface area contributed by atoms with Gasteiger partial charge in [-0.1, -0.05) is 13.8 Å². The van der Waals surface area contributed by atoms with Gasteiger partial charge in [0.15, 0.2) is 0 Å². The van der Waals surface area contributed by atoms with Gasteiger partial charge in [0, 0.05) is 43.7 Å². The molecule has 0 aliphatic carbocycles. The molecule has 0 unspecified atom stereocenters. The van der Waals surface area contributed by atoms with Crippen molar-refractivity contribution in [2.75, 3.05) is 20.2 Å². The highest BCUT2D eigenvalue weighted by atomic mass is 16.6. The molecule has 1 aromatic carbocycles. The zero-order chi connectivity index (χ0) is 20.0. The smallest absolute Gasteiger partial charge is 0.311 e. The lowest BCUT2D eigenvalue weighted by Gasteiger charge is -2.37. The SMILES string of the molecule is CC.COC(=O)C1CN(Cc2cc(-c3ccnc(C)c3)cc([N+](=O)[O-])c2)C1. The van der Waals surface area contributed by atoms with Crippen molar-refractivity contribution in [1.29, 1.82) is 0 Å². The van der Waals surface area contributed by atoms with Crippen molar-refractivity contribution in [3.8, 4) is 11.1 Å². The molecule has 144 valence electrons. The van der Waals surface area contributed by atoms with Crippen LogP contribution >= 0.6 is 0 Å². The lowest BCUT2D eigenvalue weighted by Crippen LogP contribution is -2.49. The van der Waals surface area contributed by atoms with E-state index in [-0.39, 0.29) is 22.5 Å². The standard InChI is InChI=1S/C18H19N3O4.C2H6/c1-12-5-14(3-4-19-12)15-6-13(7-17(8-15)21(23)24)9-20-10-16(11-20)18(22)25-2;1-2/h3-8,16H,9-11H2,1-2H3;1-2H3. The molecule has 27 heavy (non-hydrogen) atoms. The van der Waals surface area contributed by atoms with Crippen molar-refractivity contribution >= 4 is 11.7 Å². The van der Waals surface area contributed by atoms with Gasteiger partial charge in [-0.2, -0.15) is 0 Å². The third-order valence-corrected chi connectivity index (χ3v) is 4.32. The van der Waals surface area contributed by atoms with E-state index in [9.17, 15) is 14.9 Å². The minimum Gasteiger partial charge on any atom is -0.469 e. The lowest BCUT2D eigenvalue weighted by molar-refractivity contribution is -0.384. The second-order valence-corrected chi connectivity index (χ2v) is 6.25. The molecule has 0 N–H and O–H groups in total. The Kier molecular flexibility index (Phi) is 7.01. The number of hydrogen-bond donors (Lipinski definition) is 0. The van der Waals surface area contributed by atoms with Crippen LogP contribution in [0.25, 0.3) is 11.1 Å². The number of nitro groups is 1. The van der Waals surface area contributed by atoms with Crippen LogP contribution in [0.2, 0.25) is 0 Å². The molecule has 1 aromatic heterocycles. The number of nitrogens with zero attached hydrogens (tertiary/aromatic N) is 3. The van der Waals surface area contributed by atoms with Crippen molar-refractivity contribution in [1.82, 2.24) is 9.88 Å². The van der Waals surface area contributed by atoms with Gasteiger partial charge in [-0.25, -0.2) is 0 Å². The van der Waals surface area contributed by atoms with Crippen LogP contribution < -0.4 is 0 Å². The van der Waals surface area contributed by atoms with Gasteiger partial charge in [0.05, 0.1) is 18.0 Å². The summed E-state index contributed by atoms with van der Waals surface area (Å²) in [5.74, 6) is -0.311. The molecule has 0 bridgehead atoms. The fraction of sp³-hybridized carbons (Fsp3) is 0.400. The van der Waals surface area contributed by atoms with Crippen LogP contribution in [-0.4, -0.2) is 41.0 Å². The molecule has 3 rings (SSSR count). The molecule has 1 fully saturated rings. The highest BCUT2D eigenvalue weighted by Gasteiger charge is 2.33. The van der Waals surface area contributed by atoms with E-state index in [0.29, 0.717) is 19.6 Å². The Morgan fingerprint density at radius 3 is 2.56 bits per heavy atom. The maximum Gasteiger partial charge on any atom is 0.311 e. The largest absolute Gasteiger partial charge is 0.469 e. The minimum absolute atomic E-state index is 0.0620. The average molecular weight is 371 g/mol. The fourth-order valence-corrected chi connectivity index (χ4v) is 3.04. The van der Waals surface area contributed by atoms with Crippen molar-refractivity contribution in [3.63, 3.8) is 0 Å². The van der Waals surface area contributed by atoms with E-state index in [1.807, 2.05) is 39.0 Å². The summed E-state index contributed by atoms with van der Waals surface area (Å²) in [5, 5.41) is 11.3. The molecule has 2 heterocycles.